The molecule has 14 nitrogen and oxygen atoms in total. The molecule has 1 heterocycles. The fraction of sp³-hybridized carbons (Fsp3) is 0.737. The summed E-state index contributed by atoms with van der Waals surface area (Å²) in [5.74, 6) is -5.73. The van der Waals surface area contributed by atoms with E-state index < -0.39 is 56.0 Å². The first kappa shape index (κ1) is 28.2. The summed E-state index contributed by atoms with van der Waals surface area (Å²) < 4.78 is 0. The van der Waals surface area contributed by atoms with Gasteiger partial charge in [0, 0.05) is 38.3 Å². The first-order valence-corrected chi connectivity index (χ1v) is 10.5. The molecule has 188 valence electrons. The van der Waals surface area contributed by atoms with Crippen molar-refractivity contribution in [2.45, 2.75) is 31.3 Å². The summed E-state index contributed by atoms with van der Waals surface area (Å²) >= 11 is 0. The van der Waals surface area contributed by atoms with E-state index in [4.69, 9.17) is 20.4 Å². The number of nitrogens with zero attached hydrogens (tertiary/aromatic N) is 3. The molecule has 14 heteroatoms. The Kier molecular flexibility index (Phi) is 12.3. The van der Waals surface area contributed by atoms with Gasteiger partial charge in [0.25, 0.3) is 0 Å². The minimum absolute atomic E-state index is 0.0486. The maximum absolute atomic E-state index is 11.3. The Morgan fingerprint density at radius 3 is 1.33 bits per heavy atom. The molecular weight excluding hydrogens is 444 g/mol. The molecule has 0 aromatic rings. The molecule has 2 unspecified atom stereocenters. The highest BCUT2D eigenvalue weighted by Crippen LogP contribution is 2.15. The molecule has 1 aliphatic rings. The summed E-state index contributed by atoms with van der Waals surface area (Å²) in [7, 11) is 0. The Balaban J connectivity index is 2.72. The monoisotopic (exact) mass is 476 g/mol. The molecular formula is C19H32N4O10. The van der Waals surface area contributed by atoms with Crippen molar-refractivity contribution >= 4 is 29.8 Å². The van der Waals surface area contributed by atoms with Crippen molar-refractivity contribution in [3.8, 4) is 0 Å². The Labute approximate surface area is 190 Å². The lowest BCUT2D eigenvalue weighted by molar-refractivity contribution is -0.144. The van der Waals surface area contributed by atoms with Gasteiger partial charge < -0.3 is 30.8 Å². The first-order chi connectivity index (χ1) is 15.4. The number of hydrogen-bond donors (Lipinski definition) is 6. The number of piperidine rings is 1. The number of nitrogens with one attached hydrogen (secondary N) is 1. The molecule has 0 bridgehead atoms. The van der Waals surface area contributed by atoms with Crippen LogP contribution in [0.15, 0.2) is 0 Å². The predicted octanol–water partition coefficient (Wildman–Crippen LogP) is -2.17. The molecule has 1 aliphatic heterocycles. The Hall–Kier alpha value is -2.81. The molecule has 0 radical (unpaired) electrons. The van der Waals surface area contributed by atoms with Crippen LogP contribution in [-0.2, 0) is 24.0 Å². The number of rotatable bonds is 17. The summed E-state index contributed by atoms with van der Waals surface area (Å²) in [5.41, 5.74) is 0. The van der Waals surface area contributed by atoms with Crippen LogP contribution in [0.2, 0.25) is 0 Å². The van der Waals surface area contributed by atoms with Gasteiger partial charge in [-0.2, -0.15) is 0 Å². The molecule has 0 aromatic carbocycles. The second-order valence-corrected chi connectivity index (χ2v) is 8.08. The van der Waals surface area contributed by atoms with Crippen LogP contribution in [0.3, 0.4) is 0 Å². The zero-order chi connectivity index (χ0) is 25.0. The van der Waals surface area contributed by atoms with Gasteiger partial charge in [-0.3, -0.25) is 38.7 Å². The van der Waals surface area contributed by atoms with Crippen LogP contribution < -0.4 is 5.32 Å². The summed E-state index contributed by atoms with van der Waals surface area (Å²) in [4.78, 5) is 59.3. The van der Waals surface area contributed by atoms with Crippen molar-refractivity contribution in [3.05, 3.63) is 0 Å². The van der Waals surface area contributed by atoms with Gasteiger partial charge in [-0.25, -0.2) is 0 Å². The van der Waals surface area contributed by atoms with Gasteiger partial charge in [0.05, 0.1) is 32.7 Å². The third-order valence-electron chi connectivity index (χ3n) is 5.06. The van der Waals surface area contributed by atoms with Crippen molar-refractivity contribution in [1.82, 2.24) is 20.0 Å². The van der Waals surface area contributed by atoms with Gasteiger partial charge in [-0.05, 0) is 12.8 Å². The van der Waals surface area contributed by atoms with E-state index in [-0.39, 0.29) is 38.3 Å². The van der Waals surface area contributed by atoms with Crippen LogP contribution in [0.5, 0.6) is 0 Å². The molecule has 6 N–H and O–H groups in total. The van der Waals surface area contributed by atoms with Gasteiger partial charge in [-0.15, -0.1) is 0 Å². The van der Waals surface area contributed by atoms with E-state index in [1.54, 1.807) is 4.90 Å². The number of aliphatic carboxylic acids is 5. The molecule has 0 amide bonds. The van der Waals surface area contributed by atoms with Crippen LogP contribution in [-0.4, -0.2) is 141 Å². The Morgan fingerprint density at radius 1 is 0.576 bits per heavy atom. The topological polar surface area (TPSA) is 208 Å². The third kappa shape index (κ3) is 13.4. The zero-order valence-corrected chi connectivity index (χ0v) is 18.3. The SMILES string of the molecule is O=C(O)CN(CCN(CC(=O)O)CC1CCCC(CN(CC(=O)O)CC(=O)O)N1)CC(=O)O. The molecule has 1 fully saturated rings. The maximum atomic E-state index is 11.3. The van der Waals surface area contributed by atoms with Crippen molar-refractivity contribution < 1.29 is 49.5 Å². The van der Waals surface area contributed by atoms with Crippen molar-refractivity contribution in [3.63, 3.8) is 0 Å². The van der Waals surface area contributed by atoms with Gasteiger partial charge in [0.2, 0.25) is 0 Å². The van der Waals surface area contributed by atoms with Gasteiger partial charge in [-0.1, -0.05) is 6.42 Å². The minimum atomic E-state index is -1.19. The minimum Gasteiger partial charge on any atom is -0.480 e. The van der Waals surface area contributed by atoms with E-state index >= 15 is 0 Å². The van der Waals surface area contributed by atoms with E-state index in [1.807, 2.05) is 0 Å². The van der Waals surface area contributed by atoms with Gasteiger partial charge in [0.15, 0.2) is 0 Å². The lowest BCUT2D eigenvalue weighted by Gasteiger charge is -2.36. The summed E-state index contributed by atoms with van der Waals surface area (Å²) in [6.45, 7) is -1.42. The Morgan fingerprint density at radius 2 is 0.909 bits per heavy atom. The fourth-order valence-corrected chi connectivity index (χ4v) is 3.90. The molecule has 1 saturated heterocycles. The highest BCUT2D eigenvalue weighted by Gasteiger charge is 2.27. The van der Waals surface area contributed by atoms with E-state index in [0.717, 1.165) is 12.8 Å². The quantitative estimate of drug-likeness (QED) is 0.132. The number of hydrogen-bond acceptors (Lipinski definition) is 9. The second-order valence-electron chi connectivity index (χ2n) is 8.08. The number of carbonyl (C=O) groups is 5. The van der Waals surface area contributed by atoms with Crippen molar-refractivity contribution in [2.75, 3.05) is 58.9 Å². The lowest BCUT2D eigenvalue weighted by atomic mass is 9.97. The van der Waals surface area contributed by atoms with E-state index in [1.165, 1.54) is 9.80 Å². The van der Waals surface area contributed by atoms with E-state index in [9.17, 15) is 29.1 Å². The van der Waals surface area contributed by atoms with E-state index in [2.05, 4.69) is 5.32 Å². The standard InChI is InChI=1S/C19H32N4O10/c24-15(25)8-21(4-5-22(9-16(26)27)10-17(28)29)6-13-2-1-3-14(20-13)7-23(11-18(30)31)12-19(32)33/h13-14,20H,1-12H2,(H,24,25)(H,26,27)(H,28,29)(H,30,31)(H,32,33). The maximum Gasteiger partial charge on any atom is 0.317 e. The highest BCUT2D eigenvalue weighted by atomic mass is 16.4. The molecule has 2 atom stereocenters. The van der Waals surface area contributed by atoms with Crippen LogP contribution in [0, 0.1) is 0 Å². The average molecular weight is 476 g/mol. The normalized spacial score (nSPS) is 18.5. The third-order valence-corrected chi connectivity index (χ3v) is 5.06. The van der Waals surface area contributed by atoms with Crippen LogP contribution in [0.4, 0.5) is 0 Å². The fourth-order valence-electron chi connectivity index (χ4n) is 3.90. The zero-order valence-electron chi connectivity index (χ0n) is 18.3. The molecule has 0 spiro atoms. The van der Waals surface area contributed by atoms with Gasteiger partial charge >= 0.3 is 29.8 Å². The second kappa shape index (κ2) is 14.4. The predicted molar refractivity (Wildman–Crippen MR) is 112 cm³/mol. The summed E-state index contributed by atoms with van der Waals surface area (Å²) in [6, 6.07) is -0.323. The number of carboxylic acid groups (broad SMARTS) is 5. The molecule has 0 aliphatic carbocycles. The van der Waals surface area contributed by atoms with E-state index in [0.29, 0.717) is 13.0 Å². The lowest BCUT2D eigenvalue weighted by Crippen LogP contribution is -2.54. The molecule has 33 heavy (non-hydrogen) atoms. The molecule has 0 saturated carbocycles. The van der Waals surface area contributed by atoms with Crippen molar-refractivity contribution in [2.24, 2.45) is 0 Å². The van der Waals surface area contributed by atoms with Crippen LogP contribution >= 0.6 is 0 Å². The average Bonchev–Trinajstić information content (AvgIpc) is 2.63. The van der Waals surface area contributed by atoms with Crippen LogP contribution in [0.1, 0.15) is 19.3 Å². The number of carboxylic acids is 5. The summed E-state index contributed by atoms with van der Waals surface area (Å²) in [5, 5.41) is 48.4. The largest absolute Gasteiger partial charge is 0.480 e. The first-order valence-electron chi connectivity index (χ1n) is 10.5. The molecule has 1 rings (SSSR count). The smallest absolute Gasteiger partial charge is 0.317 e. The Bertz CT molecular complexity index is 672. The summed E-state index contributed by atoms with van der Waals surface area (Å²) in [6.07, 6.45) is 2.20. The van der Waals surface area contributed by atoms with Gasteiger partial charge in [0.1, 0.15) is 0 Å². The van der Waals surface area contributed by atoms with Crippen LogP contribution in [0.25, 0.3) is 0 Å². The highest BCUT2D eigenvalue weighted by molar-refractivity contribution is 5.73. The molecule has 0 aromatic heterocycles. The van der Waals surface area contributed by atoms with Crippen molar-refractivity contribution in [1.29, 1.82) is 0 Å².